The quantitative estimate of drug-likeness (QED) is 0.657. The van der Waals surface area contributed by atoms with E-state index in [0.29, 0.717) is 5.95 Å². The molecule has 0 bridgehead atoms. The molecule has 0 spiro atoms. The number of aromatic nitrogens is 6. The van der Waals surface area contributed by atoms with Crippen molar-refractivity contribution in [3.63, 3.8) is 0 Å². The monoisotopic (exact) mass is 264 g/mol. The third-order valence-electron chi connectivity index (χ3n) is 2.58. The van der Waals surface area contributed by atoms with E-state index in [4.69, 9.17) is 5.73 Å². The van der Waals surface area contributed by atoms with Crippen LogP contribution in [0.3, 0.4) is 0 Å². The first kappa shape index (κ1) is 13.1. The number of hydrogen-bond donors (Lipinski definition) is 3. The molecule has 2 heterocycles. The van der Waals surface area contributed by atoms with E-state index in [9.17, 15) is 5.11 Å². The molecular weight excluding hydrogens is 248 g/mol. The van der Waals surface area contributed by atoms with Gasteiger partial charge in [-0.2, -0.15) is 24.7 Å². The minimum Gasteiger partial charge on any atom is -0.394 e. The summed E-state index contributed by atoms with van der Waals surface area (Å²) in [5.74, 6) is 0.861. The Bertz CT molecular complexity index is 526. The van der Waals surface area contributed by atoms with Crippen LogP contribution in [0.1, 0.15) is 13.8 Å². The van der Waals surface area contributed by atoms with Gasteiger partial charge in [-0.15, -0.1) is 0 Å². The molecule has 0 aromatic carbocycles. The van der Waals surface area contributed by atoms with Gasteiger partial charge in [0.05, 0.1) is 12.6 Å². The fraction of sp³-hybridized carbons (Fsp3) is 0.500. The zero-order valence-corrected chi connectivity index (χ0v) is 10.7. The highest BCUT2D eigenvalue weighted by atomic mass is 16.3. The van der Waals surface area contributed by atoms with Crippen LogP contribution in [-0.2, 0) is 0 Å². The fourth-order valence-corrected chi connectivity index (χ4v) is 1.45. The standard InChI is InChI=1S/C10H16N8O/c1-6(2)7(3-19)14-9-15-8(11)16-10(17-9)18-5-12-4-13-18/h4-7,19H,3H2,1-2H3,(H3,11,14,15,16,17)/t7-/m1/s1. The van der Waals surface area contributed by atoms with Gasteiger partial charge in [0.25, 0.3) is 5.95 Å². The summed E-state index contributed by atoms with van der Waals surface area (Å²) in [6.45, 7) is 3.94. The fourth-order valence-electron chi connectivity index (χ4n) is 1.45. The van der Waals surface area contributed by atoms with Crippen LogP contribution in [0.4, 0.5) is 11.9 Å². The highest BCUT2D eigenvalue weighted by Gasteiger charge is 2.15. The molecule has 0 saturated carbocycles. The summed E-state index contributed by atoms with van der Waals surface area (Å²) < 4.78 is 1.38. The van der Waals surface area contributed by atoms with Crippen molar-refractivity contribution in [1.82, 2.24) is 29.7 Å². The third-order valence-corrected chi connectivity index (χ3v) is 2.58. The molecule has 2 aromatic heterocycles. The number of nitrogen functional groups attached to an aromatic ring is 1. The number of nitrogens with two attached hydrogens (primary N) is 1. The van der Waals surface area contributed by atoms with Gasteiger partial charge in [0, 0.05) is 0 Å². The lowest BCUT2D eigenvalue weighted by atomic mass is 10.1. The molecule has 0 aliphatic rings. The van der Waals surface area contributed by atoms with Crippen molar-refractivity contribution in [2.45, 2.75) is 19.9 Å². The summed E-state index contributed by atoms with van der Waals surface area (Å²) in [6, 6.07) is -0.162. The van der Waals surface area contributed by atoms with Gasteiger partial charge >= 0.3 is 0 Å². The molecule has 0 amide bonds. The smallest absolute Gasteiger partial charge is 0.258 e. The Morgan fingerprint density at radius 2 is 2.16 bits per heavy atom. The van der Waals surface area contributed by atoms with Crippen LogP contribution in [0.25, 0.3) is 5.95 Å². The number of nitrogens with one attached hydrogen (secondary N) is 1. The van der Waals surface area contributed by atoms with Gasteiger partial charge < -0.3 is 16.2 Å². The SMILES string of the molecule is CC(C)[C@@H](CO)Nc1nc(N)nc(-n2cncn2)n1. The maximum Gasteiger partial charge on any atom is 0.258 e. The second-order valence-corrected chi connectivity index (χ2v) is 4.33. The average molecular weight is 264 g/mol. The van der Waals surface area contributed by atoms with Gasteiger partial charge in [0.2, 0.25) is 11.9 Å². The van der Waals surface area contributed by atoms with E-state index in [1.807, 2.05) is 13.8 Å². The zero-order valence-electron chi connectivity index (χ0n) is 10.7. The average Bonchev–Trinajstić information content (AvgIpc) is 2.88. The van der Waals surface area contributed by atoms with E-state index in [-0.39, 0.29) is 30.5 Å². The van der Waals surface area contributed by atoms with Crippen molar-refractivity contribution in [2.75, 3.05) is 17.7 Å². The van der Waals surface area contributed by atoms with Gasteiger partial charge in [-0.25, -0.2) is 4.98 Å². The Morgan fingerprint density at radius 1 is 1.37 bits per heavy atom. The van der Waals surface area contributed by atoms with Crippen molar-refractivity contribution in [3.8, 4) is 5.95 Å². The van der Waals surface area contributed by atoms with Gasteiger partial charge in [0.1, 0.15) is 12.7 Å². The van der Waals surface area contributed by atoms with Gasteiger partial charge in [0.15, 0.2) is 0 Å². The van der Waals surface area contributed by atoms with Crippen LogP contribution in [0.2, 0.25) is 0 Å². The van der Waals surface area contributed by atoms with Crippen LogP contribution in [0.15, 0.2) is 12.7 Å². The molecule has 9 nitrogen and oxygen atoms in total. The molecule has 0 unspecified atom stereocenters. The molecular formula is C10H16N8O. The Hall–Kier alpha value is -2.29. The Kier molecular flexibility index (Phi) is 3.85. The highest BCUT2D eigenvalue weighted by Crippen LogP contribution is 2.10. The first-order valence-corrected chi connectivity index (χ1v) is 5.84. The van der Waals surface area contributed by atoms with Crippen molar-refractivity contribution < 1.29 is 5.11 Å². The molecule has 4 N–H and O–H groups in total. The van der Waals surface area contributed by atoms with Crippen molar-refractivity contribution in [1.29, 1.82) is 0 Å². The second kappa shape index (κ2) is 5.57. The summed E-state index contributed by atoms with van der Waals surface area (Å²) in [5.41, 5.74) is 5.63. The lowest BCUT2D eigenvalue weighted by molar-refractivity contribution is 0.248. The first-order chi connectivity index (χ1) is 9.10. The summed E-state index contributed by atoms with van der Waals surface area (Å²) >= 11 is 0. The summed E-state index contributed by atoms with van der Waals surface area (Å²) in [6.07, 6.45) is 2.84. The van der Waals surface area contributed by atoms with Crippen LogP contribution < -0.4 is 11.1 Å². The molecule has 1 atom stereocenters. The minimum atomic E-state index is -0.162. The maximum atomic E-state index is 9.29. The topological polar surface area (TPSA) is 128 Å². The number of rotatable bonds is 5. The largest absolute Gasteiger partial charge is 0.394 e. The minimum absolute atomic E-state index is 0.0259. The lowest BCUT2D eigenvalue weighted by Crippen LogP contribution is -2.30. The van der Waals surface area contributed by atoms with Crippen molar-refractivity contribution in [2.24, 2.45) is 5.92 Å². The van der Waals surface area contributed by atoms with Gasteiger partial charge in [-0.3, -0.25) is 0 Å². The van der Waals surface area contributed by atoms with E-state index < -0.39 is 0 Å². The molecule has 0 aliphatic carbocycles. The maximum absolute atomic E-state index is 9.29. The summed E-state index contributed by atoms with van der Waals surface area (Å²) in [4.78, 5) is 15.9. The van der Waals surface area contributed by atoms with Crippen molar-refractivity contribution >= 4 is 11.9 Å². The number of hydrogen-bond acceptors (Lipinski definition) is 8. The van der Waals surface area contributed by atoms with Gasteiger partial charge in [-0.05, 0) is 5.92 Å². The second-order valence-electron chi connectivity index (χ2n) is 4.33. The molecule has 2 aromatic rings. The molecule has 0 saturated heterocycles. The Labute approximate surface area is 109 Å². The van der Waals surface area contributed by atoms with Gasteiger partial charge in [-0.1, -0.05) is 13.8 Å². The van der Waals surface area contributed by atoms with Crippen molar-refractivity contribution in [3.05, 3.63) is 12.7 Å². The van der Waals surface area contributed by atoms with E-state index in [1.165, 1.54) is 17.3 Å². The van der Waals surface area contributed by atoms with Crippen LogP contribution >= 0.6 is 0 Å². The number of aliphatic hydroxyl groups is 1. The Morgan fingerprint density at radius 3 is 2.74 bits per heavy atom. The first-order valence-electron chi connectivity index (χ1n) is 5.84. The van der Waals surface area contributed by atoms with E-state index in [0.717, 1.165) is 0 Å². The van der Waals surface area contributed by atoms with E-state index in [1.54, 1.807) is 0 Å². The molecule has 0 aliphatic heterocycles. The Balaban J connectivity index is 2.27. The number of anilines is 2. The number of aliphatic hydroxyl groups excluding tert-OH is 1. The predicted octanol–water partition coefficient (Wildman–Crippen LogP) is -0.537. The zero-order chi connectivity index (χ0) is 13.8. The molecule has 102 valence electrons. The van der Waals surface area contributed by atoms with Crippen LogP contribution in [-0.4, -0.2) is 47.5 Å². The van der Waals surface area contributed by atoms with Crippen LogP contribution in [0, 0.1) is 5.92 Å². The lowest BCUT2D eigenvalue weighted by Gasteiger charge is -2.19. The normalized spacial score (nSPS) is 12.6. The molecule has 0 radical (unpaired) electrons. The molecule has 9 heteroatoms. The molecule has 19 heavy (non-hydrogen) atoms. The molecule has 0 fully saturated rings. The highest BCUT2D eigenvalue weighted by molar-refractivity contribution is 5.35. The summed E-state index contributed by atoms with van der Waals surface area (Å²) in [5, 5.41) is 16.2. The number of nitrogens with zero attached hydrogens (tertiary/aromatic N) is 6. The molecule has 2 rings (SSSR count). The summed E-state index contributed by atoms with van der Waals surface area (Å²) in [7, 11) is 0. The van der Waals surface area contributed by atoms with Crippen LogP contribution in [0.5, 0.6) is 0 Å². The van der Waals surface area contributed by atoms with E-state index >= 15 is 0 Å². The predicted molar refractivity (Wildman–Crippen MR) is 68.5 cm³/mol. The van der Waals surface area contributed by atoms with E-state index in [2.05, 4.69) is 30.4 Å². The third kappa shape index (κ3) is 3.13.